The smallest absolute Gasteiger partial charge is 0.251 e. The number of aromatic amines is 1. The third kappa shape index (κ3) is 3.29. The summed E-state index contributed by atoms with van der Waals surface area (Å²) in [5.41, 5.74) is 2.60. The Morgan fingerprint density at radius 3 is 2.74 bits per heavy atom. The summed E-state index contributed by atoms with van der Waals surface area (Å²) in [7, 11) is 1.59. The van der Waals surface area contributed by atoms with Crippen LogP contribution in [0.25, 0.3) is 10.9 Å². The fraction of sp³-hybridized carbons (Fsp3) is 0.167. The van der Waals surface area contributed by atoms with E-state index >= 15 is 0 Å². The number of amides is 1. The molecule has 1 heterocycles. The van der Waals surface area contributed by atoms with Gasteiger partial charge in [0.1, 0.15) is 11.5 Å². The maximum atomic E-state index is 12.1. The van der Waals surface area contributed by atoms with Crippen LogP contribution in [0.3, 0.4) is 0 Å². The van der Waals surface area contributed by atoms with Crippen LogP contribution in [0, 0.1) is 0 Å². The summed E-state index contributed by atoms with van der Waals surface area (Å²) in [6.07, 6.45) is 2.62. The van der Waals surface area contributed by atoms with Crippen molar-refractivity contribution in [3.63, 3.8) is 0 Å². The zero-order valence-corrected chi connectivity index (χ0v) is 12.8. The van der Waals surface area contributed by atoms with Crippen molar-refractivity contribution < 1.29 is 14.6 Å². The molecular weight excluding hydrogens is 292 g/mol. The van der Waals surface area contributed by atoms with Gasteiger partial charge in [-0.05, 0) is 48.4 Å². The Morgan fingerprint density at radius 1 is 1.22 bits per heavy atom. The molecule has 0 unspecified atom stereocenters. The van der Waals surface area contributed by atoms with Gasteiger partial charge in [0.2, 0.25) is 0 Å². The Hall–Kier alpha value is -2.95. The van der Waals surface area contributed by atoms with E-state index in [1.165, 1.54) is 0 Å². The Bertz CT molecular complexity index is 822. The van der Waals surface area contributed by atoms with Crippen LogP contribution in [0.4, 0.5) is 0 Å². The van der Waals surface area contributed by atoms with Crippen molar-refractivity contribution in [2.24, 2.45) is 0 Å². The number of H-pyrrole nitrogens is 1. The molecule has 0 fully saturated rings. The Morgan fingerprint density at radius 2 is 2.00 bits per heavy atom. The van der Waals surface area contributed by atoms with E-state index in [2.05, 4.69) is 10.3 Å². The molecule has 0 aliphatic carbocycles. The number of rotatable bonds is 5. The molecule has 1 amide bonds. The molecule has 0 spiro atoms. The molecule has 0 aliphatic heterocycles. The standard InChI is InChI=1S/C18H18N2O3/c1-23-15-5-2-12(3-6-15)18(22)19-9-8-13-11-20-17-10-14(21)4-7-16(13)17/h2-7,10-11,20-21H,8-9H2,1H3,(H,19,22). The number of ether oxygens (including phenoxy) is 1. The summed E-state index contributed by atoms with van der Waals surface area (Å²) in [4.78, 5) is 15.2. The van der Waals surface area contributed by atoms with Gasteiger partial charge in [-0.15, -0.1) is 0 Å². The van der Waals surface area contributed by atoms with Gasteiger partial charge in [-0.25, -0.2) is 0 Å². The number of aromatic hydroxyl groups is 1. The first-order valence-electron chi connectivity index (χ1n) is 7.38. The Balaban J connectivity index is 1.60. The summed E-state index contributed by atoms with van der Waals surface area (Å²) >= 11 is 0. The number of benzene rings is 2. The highest BCUT2D eigenvalue weighted by Crippen LogP contribution is 2.22. The summed E-state index contributed by atoms with van der Waals surface area (Å²) in [6, 6.07) is 12.2. The number of methoxy groups -OCH3 is 1. The van der Waals surface area contributed by atoms with Crippen molar-refractivity contribution in [2.75, 3.05) is 13.7 Å². The molecule has 0 radical (unpaired) electrons. The van der Waals surface area contributed by atoms with Gasteiger partial charge in [0.15, 0.2) is 0 Å². The summed E-state index contributed by atoms with van der Waals surface area (Å²) in [5, 5.41) is 13.4. The van der Waals surface area contributed by atoms with Crippen LogP contribution in [0.5, 0.6) is 11.5 Å². The average molecular weight is 310 g/mol. The molecule has 3 rings (SSSR count). The lowest BCUT2D eigenvalue weighted by atomic mass is 10.1. The van der Waals surface area contributed by atoms with Gasteiger partial charge in [0.25, 0.3) is 5.91 Å². The number of carbonyl (C=O) groups excluding carboxylic acids is 1. The summed E-state index contributed by atoms with van der Waals surface area (Å²) in [5.74, 6) is 0.854. The lowest BCUT2D eigenvalue weighted by molar-refractivity contribution is 0.0954. The van der Waals surface area contributed by atoms with Gasteiger partial charge >= 0.3 is 0 Å². The highest BCUT2D eigenvalue weighted by Gasteiger charge is 2.07. The Labute approximate surface area is 133 Å². The van der Waals surface area contributed by atoms with Gasteiger partial charge in [-0.2, -0.15) is 0 Å². The van der Waals surface area contributed by atoms with E-state index in [1.807, 2.05) is 12.3 Å². The van der Waals surface area contributed by atoms with Gasteiger partial charge in [-0.1, -0.05) is 0 Å². The minimum Gasteiger partial charge on any atom is -0.508 e. The first-order chi connectivity index (χ1) is 11.2. The molecule has 2 aromatic carbocycles. The summed E-state index contributed by atoms with van der Waals surface area (Å²) < 4.78 is 5.08. The fourth-order valence-electron chi connectivity index (χ4n) is 2.54. The first kappa shape index (κ1) is 15.0. The van der Waals surface area contributed by atoms with Crippen LogP contribution in [0.1, 0.15) is 15.9 Å². The van der Waals surface area contributed by atoms with E-state index < -0.39 is 0 Å². The zero-order valence-electron chi connectivity index (χ0n) is 12.8. The highest BCUT2D eigenvalue weighted by atomic mass is 16.5. The number of carbonyl (C=O) groups is 1. The predicted molar refractivity (Wildman–Crippen MR) is 89.0 cm³/mol. The lowest BCUT2D eigenvalue weighted by Gasteiger charge is -2.06. The van der Waals surface area contributed by atoms with E-state index in [-0.39, 0.29) is 11.7 Å². The van der Waals surface area contributed by atoms with Gasteiger partial charge in [-0.3, -0.25) is 4.79 Å². The summed E-state index contributed by atoms with van der Waals surface area (Å²) in [6.45, 7) is 0.540. The van der Waals surface area contributed by atoms with Crippen molar-refractivity contribution in [1.29, 1.82) is 0 Å². The topological polar surface area (TPSA) is 74.3 Å². The average Bonchev–Trinajstić information content (AvgIpc) is 2.97. The van der Waals surface area contributed by atoms with Crippen LogP contribution >= 0.6 is 0 Å². The molecular formula is C18H18N2O3. The first-order valence-corrected chi connectivity index (χ1v) is 7.38. The van der Waals surface area contributed by atoms with Gasteiger partial charge in [0.05, 0.1) is 7.11 Å². The van der Waals surface area contributed by atoms with E-state index in [4.69, 9.17) is 4.74 Å². The highest BCUT2D eigenvalue weighted by molar-refractivity contribution is 5.94. The largest absolute Gasteiger partial charge is 0.508 e. The van der Waals surface area contributed by atoms with Crippen LogP contribution in [0.15, 0.2) is 48.7 Å². The number of aromatic nitrogens is 1. The molecule has 23 heavy (non-hydrogen) atoms. The monoisotopic (exact) mass is 310 g/mol. The second-order valence-corrected chi connectivity index (χ2v) is 5.28. The predicted octanol–water partition coefficient (Wildman–Crippen LogP) is 2.85. The van der Waals surface area contributed by atoms with Crippen molar-refractivity contribution in [3.05, 3.63) is 59.8 Å². The number of phenolic OH excluding ortho intramolecular Hbond substituents is 1. The van der Waals surface area contributed by atoms with Crippen molar-refractivity contribution >= 4 is 16.8 Å². The number of phenols is 1. The molecule has 0 saturated carbocycles. The van der Waals surface area contributed by atoms with Gasteiger partial charge in [0, 0.05) is 35.3 Å². The molecule has 0 saturated heterocycles. The van der Waals surface area contributed by atoms with Crippen LogP contribution < -0.4 is 10.1 Å². The molecule has 3 aromatic rings. The van der Waals surface area contributed by atoms with Crippen LogP contribution in [-0.2, 0) is 6.42 Å². The van der Waals surface area contributed by atoms with E-state index in [1.54, 1.807) is 43.5 Å². The van der Waals surface area contributed by atoms with Gasteiger partial charge < -0.3 is 20.1 Å². The maximum absolute atomic E-state index is 12.1. The van der Waals surface area contributed by atoms with E-state index in [9.17, 15) is 9.90 Å². The number of hydrogen-bond donors (Lipinski definition) is 3. The quantitative estimate of drug-likeness (QED) is 0.678. The minimum atomic E-state index is -0.106. The second kappa shape index (κ2) is 6.44. The second-order valence-electron chi connectivity index (χ2n) is 5.28. The molecule has 5 heteroatoms. The Kier molecular flexibility index (Phi) is 4.19. The SMILES string of the molecule is COc1ccc(C(=O)NCCc2c[nH]c3cc(O)ccc23)cc1. The number of fused-ring (bicyclic) bond motifs is 1. The molecule has 0 aliphatic rings. The number of nitrogens with one attached hydrogen (secondary N) is 2. The van der Waals surface area contributed by atoms with Crippen LogP contribution in [-0.4, -0.2) is 29.7 Å². The minimum absolute atomic E-state index is 0.106. The van der Waals surface area contributed by atoms with E-state index in [0.29, 0.717) is 18.5 Å². The molecule has 3 N–H and O–H groups in total. The normalized spacial score (nSPS) is 10.7. The van der Waals surface area contributed by atoms with E-state index in [0.717, 1.165) is 22.2 Å². The maximum Gasteiger partial charge on any atom is 0.251 e. The molecule has 118 valence electrons. The molecule has 5 nitrogen and oxygen atoms in total. The van der Waals surface area contributed by atoms with Crippen molar-refractivity contribution in [3.8, 4) is 11.5 Å². The van der Waals surface area contributed by atoms with Crippen molar-refractivity contribution in [2.45, 2.75) is 6.42 Å². The third-order valence-electron chi connectivity index (χ3n) is 3.78. The fourth-order valence-corrected chi connectivity index (χ4v) is 2.54. The lowest BCUT2D eigenvalue weighted by Crippen LogP contribution is -2.25. The third-order valence-corrected chi connectivity index (χ3v) is 3.78. The molecule has 1 aromatic heterocycles. The zero-order chi connectivity index (χ0) is 16.2. The molecule has 0 bridgehead atoms. The molecule has 0 atom stereocenters. The van der Waals surface area contributed by atoms with Crippen LogP contribution in [0.2, 0.25) is 0 Å². The van der Waals surface area contributed by atoms with Crippen molar-refractivity contribution in [1.82, 2.24) is 10.3 Å². The number of hydrogen-bond acceptors (Lipinski definition) is 3.